The second-order valence-electron chi connectivity index (χ2n) is 3.85. The van der Waals surface area contributed by atoms with Crippen molar-refractivity contribution in [3.8, 4) is 0 Å². The van der Waals surface area contributed by atoms with E-state index in [1.54, 1.807) is 0 Å². The van der Waals surface area contributed by atoms with E-state index in [1.807, 2.05) is 0 Å². The fourth-order valence-corrected chi connectivity index (χ4v) is 2.03. The summed E-state index contributed by atoms with van der Waals surface area (Å²) >= 11 is 3.06. The topological polar surface area (TPSA) is 111 Å². The first kappa shape index (κ1) is 13.4. The van der Waals surface area contributed by atoms with Crippen LogP contribution in [0.1, 0.15) is 6.23 Å². The van der Waals surface area contributed by atoms with E-state index in [0.29, 0.717) is 4.47 Å². The van der Waals surface area contributed by atoms with Gasteiger partial charge < -0.3 is 20.7 Å². The van der Waals surface area contributed by atoms with E-state index < -0.39 is 36.9 Å². The molecule has 1 aliphatic heterocycles. The number of halogens is 2. The Morgan fingerprint density at radius 1 is 1.67 bits per heavy atom. The summed E-state index contributed by atoms with van der Waals surface area (Å²) in [4.78, 5) is 15.1. The minimum atomic E-state index is -1.84. The van der Waals surface area contributed by atoms with Crippen LogP contribution in [-0.4, -0.2) is 44.8 Å². The van der Waals surface area contributed by atoms with Gasteiger partial charge in [-0.2, -0.15) is 4.98 Å². The van der Waals surface area contributed by atoms with E-state index in [-0.39, 0.29) is 5.82 Å². The molecular formula is C9H11BrFN3O4. The van der Waals surface area contributed by atoms with Crippen molar-refractivity contribution in [2.45, 2.75) is 24.6 Å². The van der Waals surface area contributed by atoms with Gasteiger partial charge in [-0.1, -0.05) is 0 Å². The lowest BCUT2D eigenvalue weighted by Gasteiger charge is -2.16. The lowest BCUT2D eigenvalue weighted by molar-refractivity contribution is -0.0491. The summed E-state index contributed by atoms with van der Waals surface area (Å²) in [6, 6.07) is 0. The molecule has 1 fully saturated rings. The SMILES string of the molecule is Nc1nc(=O)n([C@@H]2O[C@H](CO)[C@@H](O)[C@@H]2F)cc1Br. The molecule has 7 nitrogen and oxygen atoms in total. The first-order chi connectivity index (χ1) is 8.45. The maximum atomic E-state index is 13.8. The van der Waals surface area contributed by atoms with Crippen LogP contribution >= 0.6 is 15.9 Å². The van der Waals surface area contributed by atoms with Crippen molar-refractivity contribution in [3.63, 3.8) is 0 Å². The molecule has 9 heteroatoms. The van der Waals surface area contributed by atoms with Crippen molar-refractivity contribution < 1.29 is 19.3 Å². The van der Waals surface area contributed by atoms with Crippen molar-refractivity contribution in [2.75, 3.05) is 12.3 Å². The van der Waals surface area contributed by atoms with Gasteiger partial charge in [0.25, 0.3) is 0 Å². The molecule has 0 spiro atoms. The molecule has 2 rings (SSSR count). The summed E-state index contributed by atoms with van der Waals surface area (Å²) in [5, 5.41) is 18.4. The second-order valence-corrected chi connectivity index (χ2v) is 4.70. The van der Waals surface area contributed by atoms with Crippen molar-refractivity contribution >= 4 is 21.7 Å². The van der Waals surface area contributed by atoms with E-state index in [2.05, 4.69) is 20.9 Å². The van der Waals surface area contributed by atoms with Gasteiger partial charge in [0.2, 0.25) is 0 Å². The molecule has 18 heavy (non-hydrogen) atoms. The number of hydrogen-bond acceptors (Lipinski definition) is 6. The Labute approximate surface area is 109 Å². The standard InChI is InChI=1S/C9H11BrFN3O4/c10-3-1-14(9(17)13-7(3)12)8-5(11)6(16)4(2-15)18-8/h1,4-6,8,15-16H,2H2,(H2,12,13,17)/t4-,5+,6-,8-/m1/s1. The minimum Gasteiger partial charge on any atom is -0.394 e. The third kappa shape index (κ3) is 2.14. The molecule has 2 heterocycles. The fourth-order valence-electron chi connectivity index (χ4n) is 1.72. The number of anilines is 1. The first-order valence-corrected chi connectivity index (χ1v) is 5.87. The van der Waals surface area contributed by atoms with Crippen LogP contribution in [0, 0.1) is 0 Å². The van der Waals surface area contributed by atoms with E-state index in [9.17, 15) is 14.3 Å². The summed E-state index contributed by atoms with van der Waals surface area (Å²) in [7, 11) is 0. The molecule has 0 radical (unpaired) electrons. The highest BCUT2D eigenvalue weighted by molar-refractivity contribution is 9.10. The van der Waals surface area contributed by atoms with E-state index in [4.69, 9.17) is 15.6 Å². The molecule has 100 valence electrons. The molecule has 4 atom stereocenters. The van der Waals surface area contributed by atoms with Crippen LogP contribution in [0.25, 0.3) is 0 Å². The number of aliphatic hydroxyl groups is 2. The highest BCUT2D eigenvalue weighted by atomic mass is 79.9. The number of nitrogen functional groups attached to an aromatic ring is 1. The number of nitrogens with zero attached hydrogens (tertiary/aromatic N) is 2. The number of alkyl halides is 1. The first-order valence-electron chi connectivity index (χ1n) is 5.08. The maximum absolute atomic E-state index is 13.8. The predicted octanol–water partition coefficient (Wildman–Crippen LogP) is -0.823. The zero-order valence-electron chi connectivity index (χ0n) is 9.03. The Morgan fingerprint density at radius 2 is 2.33 bits per heavy atom. The second kappa shape index (κ2) is 4.92. The van der Waals surface area contributed by atoms with Crippen molar-refractivity contribution in [1.82, 2.24) is 9.55 Å². The normalized spacial score (nSPS) is 31.8. The maximum Gasteiger partial charge on any atom is 0.351 e. The van der Waals surface area contributed by atoms with Gasteiger partial charge in [-0.05, 0) is 15.9 Å². The van der Waals surface area contributed by atoms with Gasteiger partial charge in [0.05, 0.1) is 11.1 Å². The Bertz CT molecular complexity index is 511. The highest BCUT2D eigenvalue weighted by Crippen LogP contribution is 2.31. The summed E-state index contributed by atoms with van der Waals surface area (Å²) in [6.45, 7) is -0.545. The third-order valence-corrected chi connectivity index (χ3v) is 3.29. The summed E-state index contributed by atoms with van der Waals surface area (Å²) in [6.07, 6.45) is -4.52. The number of rotatable bonds is 2. The fraction of sp³-hybridized carbons (Fsp3) is 0.556. The van der Waals surface area contributed by atoms with Crippen LogP contribution in [-0.2, 0) is 4.74 Å². The zero-order valence-corrected chi connectivity index (χ0v) is 10.6. The quantitative estimate of drug-likeness (QED) is 0.655. The van der Waals surface area contributed by atoms with Crippen LogP contribution < -0.4 is 11.4 Å². The minimum absolute atomic E-state index is 0.0242. The molecule has 0 unspecified atom stereocenters. The molecule has 4 N–H and O–H groups in total. The highest BCUT2D eigenvalue weighted by Gasteiger charge is 2.45. The van der Waals surface area contributed by atoms with Crippen molar-refractivity contribution in [2.24, 2.45) is 0 Å². The van der Waals surface area contributed by atoms with Crippen LogP contribution in [0.5, 0.6) is 0 Å². The summed E-state index contributed by atoms with van der Waals surface area (Å²) in [5.41, 5.74) is 4.61. The summed E-state index contributed by atoms with van der Waals surface area (Å²) in [5.74, 6) is -0.0242. The van der Waals surface area contributed by atoms with Gasteiger partial charge in [0.15, 0.2) is 12.4 Å². The van der Waals surface area contributed by atoms with E-state index in [0.717, 1.165) is 4.57 Å². The number of aliphatic hydroxyl groups excluding tert-OH is 2. The van der Waals surface area contributed by atoms with Gasteiger partial charge >= 0.3 is 5.69 Å². The van der Waals surface area contributed by atoms with Crippen molar-refractivity contribution in [3.05, 3.63) is 21.2 Å². The molecule has 1 aliphatic rings. The van der Waals surface area contributed by atoms with Gasteiger partial charge in [0.1, 0.15) is 18.0 Å². The molecule has 0 amide bonds. The monoisotopic (exact) mass is 323 g/mol. The summed E-state index contributed by atoms with van der Waals surface area (Å²) < 4.78 is 20.1. The molecule has 1 aromatic rings. The Kier molecular flexibility index (Phi) is 3.66. The van der Waals surface area contributed by atoms with Crippen LogP contribution in [0.4, 0.5) is 10.2 Å². The molecule has 0 bridgehead atoms. The Hall–Kier alpha value is -1.03. The largest absolute Gasteiger partial charge is 0.394 e. The van der Waals surface area contributed by atoms with Gasteiger partial charge in [-0.3, -0.25) is 4.57 Å². The van der Waals surface area contributed by atoms with Crippen LogP contribution in [0.15, 0.2) is 15.5 Å². The predicted molar refractivity (Wildman–Crippen MR) is 62.5 cm³/mol. The van der Waals surface area contributed by atoms with Crippen LogP contribution in [0.3, 0.4) is 0 Å². The molecule has 0 saturated carbocycles. The van der Waals surface area contributed by atoms with Crippen molar-refractivity contribution in [1.29, 1.82) is 0 Å². The van der Waals surface area contributed by atoms with E-state index >= 15 is 0 Å². The number of hydrogen-bond donors (Lipinski definition) is 3. The van der Waals surface area contributed by atoms with E-state index in [1.165, 1.54) is 6.20 Å². The zero-order chi connectivity index (χ0) is 13.4. The number of aromatic nitrogens is 2. The van der Waals surface area contributed by atoms with Gasteiger partial charge in [0, 0.05) is 6.20 Å². The lowest BCUT2D eigenvalue weighted by Crippen LogP contribution is -2.33. The Morgan fingerprint density at radius 3 is 2.89 bits per heavy atom. The molecule has 1 aromatic heterocycles. The average molecular weight is 324 g/mol. The molecule has 0 aromatic carbocycles. The third-order valence-electron chi connectivity index (χ3n) is 2.68. The molecular weight excluding hydrogens is 313 g/mol. The average Bonchev–Trinajstić information content (AvgIpc) is 2.61. The molecule has 0 aliphatic carbocycles. The Balaban J connectivity index is 2.39. The lowest BCUT2D eigenvalue weighted by atomic mass is 10.1. The number of nitrogens with two attached hydrogens (primary N) is 1. The smallest absolute Gasteiger partial charge is 0.351 e. The number of ether oxygens (including phenoxy) is 1. The van der Waals surface area contributed by atoms with Gasteiger partial charge in [-0.25, -0.2) is 9.18 Å². The van der Waals surface area contributed by atoms with Crippen LogP contribution in [0.2, 0.25) is 0 Å². The molecule has 1 saturated heterocycles. The van der Waals surface area contributed by atoms with Gasteiger partial charge in [-0.15, -0.1) is 0 Å².